The maximum Gasteiger partial charge on any atom is 0.238 e. The van der Waals surface area contributed by atoms with Crippen LogP contribution in [0.25, 0.3) is 0 Å². The second-order valence-corrected chi connectivity index (χ2v) is 4.76. The average Bonchev–Trinajstić information content (AvgIpc) is 2.43. The Morgan fingerprint density at radius 1 is 1.45 bits per heavy atom. The van der Waals surface area contributed by atoms with Crippen LogP contribution >= 0.6 is 12.2 Å². The molecule has 0 heterocycles. The van der Waals surface area contributed by atoms with Crippen LogP contribution in [0.15, 0.2) is 24.3 Å². The molecule has 110 valence electrons. The molecule has 6 heteroatoms. The fraction of sp³-hybridized carbons (Fsp3) is 0.429. The first-order valence-corrected chi connectivity index (χ1v) is 6.89. The van der Waals surface area contributed by atoms with E-state index in [1.54, 1.807) is 19.2 Å². The summed E-state index contributed by atoms with van der Waals surface area (Å²) in [6.07, 6.45) is 0. The Morgan fingerprint density at radius 3 is 2.75 bits per heavy atom. The Hall–Kier alpha value is -1.50. The van der Waals surface area contributed by atoms with E-state index in [0.717, 1.165) is 13.1 Å². The first-order chi connectivity index (χ1) is 9.58. The van der Waals surface area contributed by atoms with Crippen LogP contribution in [0.1, 0.15) is 12.5 Å². The minimum absolute atomic E-state index is 0.0911. The van der Waals surface area contributed by atoms with Gasteiger partial charge in [-0.2, -0.15) is 0 Å². The quantitative estimate of drug-likeness (QED) is 0.706. The Morgan fingerprint density at radius 2 is 2.15 bits per heavy atom. The zero-order chi connectivity index (χ0) is 15.0. The third kappa shape index (κ3) is 5.24. The van der Waals surface area contributed by atoms with E-state index in [4.69, 9.17) is 22.7 Å². The zero-order valence-corrected chi connectivity index (χ0v) is 12.7. The van der Waals surface area contributed by atoms with Crippen LogP contribution in [-0.4, -0.2) is 49.1 Å². The molecule has 0 unspecified atom stereocenters. The number of nitrogens with two attached hydrogens (primary N) is 1. The Bertz CT molecular complexity index is 465. The minimum Gasteiger partial charge on any atom is -0.389 e. The summed E-state index contributed by atoms with van der Waals surface area (Å²) in [4.78, 5) is 14.3. The van der Waals surface area contributed by atoms with Gasteiger partial charge in [-0.25, -0.2) is 0 Å². The molecule has 1 aromatic rings. The molecule has 20 heavy (non-hydrogen) atoms. The molecule has 3 N–H and O–H groups in total. The van der Waals surface area contributed by atoms with Crippen LogP contribution in [0.2, 0.25) is 0 Å². The number of nitrogens with zero attached hydrogens (tertiary/aromatic N) is 1. The van der Waals surface area contributed by atoms with Gasteiger partial charge in [0.25, 0.3) is 0 Å². The number of benzene rings is 1. The molecule has 0 aliphatic carbocycles. The normalized spacial score (nSPS) is 10.6. The van der Waals surface area contributed by atoms with Crippen LogP contribution < -0.4 is 11.1 Å². The van der Waals surface area contributed by atoms with Crippen LogP contribution in [0, 0.1) is 0 Å². The Balaban J connectivity index is 2.64. The molecular weight excluding hydrogens is 274 g/mol. The SMILES string of the molecule is CCN(CCOC)CC(=O)Nc1ccccc1C(N)=S. The number of carbonyl (C=O) groups excluding carboxylic acids is 1. The molecule has 0 radical (unpaired) electrons. The lowest BCUT2D eigenvalue weighted by atomic mass is 10.2. The highest BCUT2D eigenvalue weighted by atomic mass is 32.1. The summed E-state index contributed by atoms with van der Waals surface area (Å²) in [5, 5.41) is 2.84. The monoisotopic (exact) mass is 295 g/mol. The molecule has 0 spiro atoms. The maximum absolute atomic E-state index is 12.0. The first-order valence-electron chi connectivity index (χ1n) is 6.48. The van der Waals surface area contributed by atoms with E-state index in [0.29, 0.717) is 24.4 Å². The fourth-order valence-corrected chi connectivity index (χ4v) is 1.95. The molecule has 0 aliphatic heterocycles. The molecule has 1 rings (SSSR count). The number of para-hydroxylation sites is 1. The average molecular weight is 295 g/mol. The molecule has 0 aromatic heterocycles. The summed E-state index contributed by atoms with van der Waals surface area (Å²) < 4.78 is 5.02. The molecule has 0 bridgehead atoms. The number of nitrogens with one attached hydrogen (secondary N) is 1. The number of rotatable bonds is 8. The van der Waals surface area contributed by atoms with Crippen molar-refractivity contribution in [2.75, 3.05) is 38.7 Å². The zero-order valence-electron chi connectivity index (χ0n) is 11.9. The van der Waals surface area contributed by atoms with Crippen LogP contribution in [-0.2, 0) is 9.53 Å². The van der Waals surface area contributed by atoms with Crippen molar-refractivity contribution >= 4 is 28.8 Å². The number of hydrogen-bond acceptors (Lipinski definition) is 4. The standard InChI is InChI=1S/C14H21N3O2S/c1-3-17(8-9-19-2)10-13(18)16-12-7-5-4-6-11(12)14(15)20/h4-7H,3,8-10H2,1-2H3,(H2,15,20)(H,16,18). The molecule has 1 amide bonds. The van der Waals surface area contributed by atoms with Gasteiger partial charge in [0.2, 0.25) is 5.91 Å². The molecule has 1 aromatic carbocycles. The van der Waals surface area contributed by atoms with Crippen molar-refractivity contribution in [1.29, 1.82) is 0 Å². The van der Waals surface area contributed by atoms with Crippen LogP contribution in [0.3, 0.4) is 0 Å². The van der Waals surface area contributed by atoms with Gasteiger partial charge in [0.15, 0.2) is 0 Å². The molecule has 0 aliphatic rings. The largest absolute Gasteiger partial charge is 0.389 e. The van der Waals surface area contributed by atoms with Gasteiger partial charge in [0.1, 0.15) is 4.99 Å². The Kier molecular flexibility index (Phi) is 7.14. The predicted octanol–water partition coefficient (Wildman–Crippen LogP) is 1.23. The van der Waals surface area contributed by atoms with Crippen LogP contribution in [0.5, 0.6) is 0 Å². The van der Waals surface area contributed by atoms with Gasteiger partial charge >= 0.3 is 0 Å². The van der Waals surface area contributed by atoms with Crippen LogP contribution in [0.4, 0.5) is 5.69 Å². The van der Waals surface area contributed by atoms with Crippen molar-refractivity contribution in [3.05, 3.63) is 29.8 Å². The van der Waals surface area contributed by atoms with E-state index in [1.165, 1.54) is 0 Å². The van der Waals surface area contributed by atoms with Gasteiger partial charge in [-0.3, -0.25) is 9.69 Å². The summed E-state index contributed by atoms with van der Waals surface area (Å²) in [6, 6.07) is 7.25. The summed E-state index contributed by atoms with van der Waals surface area (Å²) in [6.45, 7) is 4.42. The van der Waals surface area contributed by atoms with E-state index in [-0.39, 0.29) is 10.9 Å². The summed E-state index contributed by atoms with van der Waals surface area (Å²) in [5.41, 5.74) is 6.96. The van der Waals surface area contributed by atoms with Crippen molar-refractivity contribution in [3.63, 3.8) is 0 Å². The molecule has 0 saturated heterocycles. The summed E-state index contributed by atoms with van der Waals surface area (Å²) in [5.74, 6) is -0.0911. The lowest BCUT2D eigenvalue weighted by Crippen LogP contribution is -2.35. The molecule has 0 atom stereocenters. The van der Waals surface area contributed by atoms with Crippen molar-refractivity contribution in [1.82, 2.24) is 4.90 Å². The van der Waals surface area contributed by atoms with Gasteiger partial charge in [-0.1, -0.05) is 31.3 Å². The third-order valence-electron chi connectivity index (χ3n) is 2.89. The van der Waals surface area contributed by atoms with E-state index in [2.05, 4.69) is 5.32 Å². The number of amides is 1. The summed E-state index contributed by atoms with van der Waals surface area (Å²) in [7, 11) is 1.65. The van der Waals surface area contributed by atoms with Gasteiger partial charge in [0.05, 0.1) is 18.8 Å². The third-order valence-corrected chi connectivity index (χ3v) is 3.11. The number of thiocarbonyl (C=S) groups is 1. The number of likely N-dealkylation sites (N-methyl/N-ethyl adjacent to an activating group) is 1. The molecule has 5 nitrogen and oxygen atoms in total. The molecule has 0 saturated carbocycles. The topological polar surface area (TPSA) is 67.6 Å². The molecule has 0 fully saturated rings. The van der Waals surface area contributed by atoms with E-state index in [9.17, 15) is 4.79 Å². The second kappa shape index (κ2) is 8.63. The van der Waals surface area contributed by atoms with Crippen molar-refractivity contribution in [2.24, 2.45) is 5.73 Å². The van der Waals surface area contributed by atoms with Crippen molar-refractivity contribution < 1.29 is 9.53 Å². The fourth-order valence-electron chi connectivity index (χ4n) is 1.77. The first kappa shape index (κ1) is 16.6. The van der Waals surface area contributed by atoms with Crippen molar-refractivity contribution in [2.45, 2.75) is 6.92 Å². The Labute approximate surface area is 125 Å². The maximum atomic E-state index is 12.0. The van der Waals surface area contributed by atoms with Crippen molar-refractivity contribution in [3.8, 4) is 0 Å². The highest BCUT2D eigenvalue weighted by Crippen LogP contribution is 2.14. The van der Waals surface area contributed by atoms with E-state index in [1.807, 2.05) is 24.0 Å². The van der Waals surface area contributed by atoms with Gasteiger partial charge < -0.3 is 15.8 Å². The number of carbonyl (C=O) groups is 1. The number of methoxy groups -OCH3 is 1. The predicted molar refractivity (Wildman–Crippen MR) is 84.9 cm³/mol. The lowest BCUT2D eigenvalue weighted by molar-refractivity contribution is -0.117. The minimum atomic E-state index is -0.0911. The highest BCUT2D eigenvalue weighted by Gasteiger charge is 2.11. The van der Waals surface area contributed by atoms with Gasteiger partial charge in [-0.05, 0) is 18.7 Å². The number of ether oxygens (including phenoxy) is 1. The molecular formula is C14H21N3O2S. The number of anilines is 1. The van der Waals surface area contributed by atoms with E-state index >= 15 is 0 Å². The van der Waals surface area contributed by atoms with Gasteiger partial charge in [0, 0.05) is 19.2 Å². The lowest BCUT2D eigenvalue weighted by Gasteiger charge is -2.19. The highest BCUT2D eigenvalue weighted by molar-refractivity contribution is 7.80. The number of hydrogen-bond donors (Lipinski definition) is 2. The second-order valence-electron chi connectivity index (χ2n) is 4.32. The van der Waals surface area contributed by atoms with Gasteiger partial charge in [-0.15, -0.1) is 0 Å². The summed E-state index contributed by atoms with van der Waals surface area (Å²) >= 11 is 4.97. The van der Waals surface area contributed by atoms with E-state index < -0.39 is 0 Å². The smallest absolute Gasteiger partial charge is 0.238 e.